The van der Waals surface area contributed by atoms with E-state index in [-0.39, 0.29) is 23.3 Å². The SMILES string of the molecule is CC(S)CC(=O)O.CC(S)CC(=O)O.CCSO. The highest BCUT2D eigenvalue weighted by molar-refractivity contribution is 7.93. The molecule has 0 saturated heterocycles. The maximum atomic E-state index is 9.76. The average molecular weight is 318 g/mol. The molecular weight excluding hydrogens is 296 g/mol. The molecule has 0 aliphatic heterocycles. The third-order valence-electron chi connectivity index (χ3n) is 1.07. The van der Waals surface area contributed by atoms with Gasteiger partial charge in [0, 0.05) is 16.3 Å². The number of carboxylic acid groups (broad SMARTS) is 2. The standard InChI is InChI=1S/2C4H8O2S.C2H6OS/c2*1-3(7)2-4(5)6;1-2-4-3/h2*3,7H,2H2,1H3,(H,5,6);3H,2H2,1H3. The van der Waals surface area contributed by atoms with Gasteiger partial charge in [0.1, 0.15) is 0 Å². The number of rotatable bonds is 5. The zero-order chi connectivity index (χ0) is 15.1. The van der Waals surface area contributed by atoms with Crippen molar-refractivity contribution in [2.45, 2.75) is 44.1 Å². The molecule has 0 amide bonds. The summed E-state index contributed by atoms with van der Waals surface area (Å²) in [5.41, 5.74) is 0. The molecule has 0 bridgehead atoms. The van der Waals surface area contributed by atoms with Crippen molar-refractivity contribution in [3.8, 4) is 0 Å². The minimum absolute atomic E-state index is 0.0301. The van der Waals surface area contributed by atoms with Crippen LogP contribution in [-0.4, -0.2) is 43.0 Å². The quantitative estimate of drug-likeness (QED) is 0.395. The van der Waals surface area contributed by atoms with Gasteiger partial charge >= 0.3 is 11.9 Å². The van der Waals surface area contributed by atoms with Crippen molar-refractivity contribution in [2.24, 2.45) is 0 Å². The van der Waals surface area contributed by atoms with Gasteiger partial charge in [-0.3, -0.25) is 9.59 Å². The van der Waals surface area contributed by atoms with Crippen LogP contribution in [0.1, 0.15) is 33.6 Å². The van der Waals surface area contributed by atoms with E-state index in [1.807, 2.05) is 6.92 Å². The molecular formula is C10H22O5S3. The van der Waals surface area contributed by atoms with Crippen LogP contribution in [0.3, 0.4) is 0 Å². The van der Waals surface area contributed by atoms with E-state index < -0.39 is 11.9 Å². The lowest BCUT2D eigenvalue weighted by atomic mass is 10.3. The van der Waals surface area contributed by atoms with E-state index >= 15 is 0 Å². The second-order valence-electron chi connectivity index (χ2n) is 3.31. The number of aliphatic carboxylic acids is 2. The highest BCUT2D eigenvalue weighted by Crippen LogP contribution is 1.97. The summed E-state index contributed by atoms with van der Waals surface area (Å²) in [4.78, 5) is 19.5. The fourth-order valence-corrected chi connectivity index (χ4v) is 0.818. The molecule has 0 aromatic heterocycles. The highest BCUT2D eigenvalue weighted by atomic mass is 32.2. The molecule has 0 aliphatic rings. The summed E-state index contributed by atoms with van der Waals surface area (Å²) in [5, 5.41) is 16.0. The Morgan fingerprint density at radius 2 is 1.28 bits per heavy atom. The van der Waals surface area contributed by atoms with Crippen molar-refractivity contribution in [3.63, 3.8) is 0 Å². The molecule has 2 atom stereocenters. The van der Waals surface area contributed by atoms with Gasteiger partial charge in [-0.15, -0.1) is 0 Å². The lowest BCUT2D eigenvalue weighted by Crippen LogP contribution is -2.01. The average Bonchev–Trinajstić information content (AvgIpc) is 2.14. The Morgan fingerprint density at radius 1 is 1.06 bits per heavy atom. The Hall–Kier alpha value is -0.0500. The number of hydrogen-bond acceptors (Lipinski definition) is 6. The fourth-order valence-electron chi connectivity index (χ4n) is 0.505. The van der Waals surface area contributed by atoms with Gasteiger partial charge < -0.3 is 14.8 Å². The largest absolute Gasteiger partial charge is 0.481 e. The third kappa shape index (κ3) is 44.5. The molecule has 110 valence electrons. The zero-order valence-corrected chi connectivity index (χ0v) is 13.3. The molecule has 8 heteroatoms. The summed E-state index contributed by atoms with van der Waals surface area (Å²) in [7, 11) is 0. The van der Waals surface area contributed by atoms with Crippen LogP contribution >= 0.6 is 37.3 Å². The van der Waals surface area contributed by atoms with Crippen molar-refractivity contribution >= 4 is 49.2 Å². The predicted molar refractivity (Wildman–Crippen MR) is 82.2 cm³/mol. The molecule has 0 radical (unpaired) electrons. The summed E-state index contributed by atoms with van der Waals surface area (Å²) >= 11 is 8.57. The predicted octanol–water partition coefficient (Wildman–Crippen LogP) is 2.77. The summed E-state index contributed by atoms with van der Waals surface area (Å²) in [6.45, 7) is 5.39. The van der Waals surface area contributed by atoms with Crippen molar-refractivity contribution in [1.82, 2.24) is 0 Å². The maximum Gasteiger partial charge on any atom is 0.304 e. The molecule has 0 aliphatic carbocycles. The first-order valence-corrected chi connectivity index (χ1v) is 7.20. The Balaban J connectivity index is -0.000000196. The molecule has 0 saturated carbocycles. The van der Waals surface area contributed by atoms with Gasteiger partial charge in [-0.05, 0) is 12.0 Å². The second kappa shape index (κ2) is 16.9. The minimum Gasteiger partial charge on any atom is -0.481 e. The van der Waals surface area contributed by atoms with Gasteiger partial charge in [0.05, 0.1) is 12.8 Å². The second-order valence-corrected chi connectivity index (χ2v) is 5.91. The van der Waals surface area contributed by atoms with Crippen molar-refractivity contribution < 1.29 is 24.4 Å². The van der Waals surface area contributed by atoms with E-state index in [1.165, 1.54) is 0 Å². The van der Waals surface area contributed by atoms with Crippen LogP contribution in [0.25, 0.3) is 0 Å². The Morgan fingerprint density at radius 3 is 1.28 bits per heavy atom. The van der Waals surface area contributed by atoms with Gasteiger partial charge in [-0.25, -0.2) is 0 Å². The normalized spacial score (nSPS) is 12.1. The van der Waals surface area contributed by atoms with Crippen molar-refractivity contribution in [3.05, 3.63) is 0 Å². The van der Waals surface area contributed by atoms with Gasteiger partial charge in [-0.2, -0.15) is 25.3 Å². The fraction of sp³-hybridized carbons (Fsp3) is 0.800. The first-order valence-electron chi connectivity index (χ1n) is 5.23. The van der Waals surface area contributed by atoms with E-state index in [4.69, 9.17) is 14.8 Å². The lowest BCUT2D eigenvalue weighted by molar-refractivity contribution is -0.137. The summed E-state index contributed by atoms with van der Waals surface area (Å²) in [6, 6.07) is 0. The Kier molecular flexibility index (Phi) is 21.7. The number of thiol groups is 2. The molecule has 3 N–H and O–H groups in total. The van der Waals surface area contributed by atoms with Crippen LogP contribution in [-0.2, 0) is 9.59 Å². The lowest BCUT2D eigenvalue weighted by Gasteiger charge is -1.93. The Labute approximate surface area is 123 Å². The van der Waals surface area contributed by atoms with Gasteiger partial charge in [-0.1, -0.05) is 20.8 Å². The Bertz CT molecular complexity index is 188. The zero-order valence-electron chi connectivity index (χ0n) is 10.7. The topological polar surface area (TPSA) is 94.8 Å². The van der Waals surface area contributed by atoms with Crippen molar-refractivity contribution in [2.75, 3.05) is 5.75 Å². The molecule has 5 nitrogen and oxygen atoms in total. The van der Waals surface area contributed by atoms with Crippen LogP contribution in [0, 0.1) is 0 Å². The van der Waals surface area contributed by atoms with Crippen LogP contribution in [0.2, 0.25) is 0 Å². The molecule has 0 aromatic rings. The van der Waals surface area contributed by atoms with Gasteiger partial charge in [0.2, 0.25) is 0 Å². The van der Waals surface area contributed by atoms with E-state index in [1.54, 1.807) is 13.8 Å². The number of hydrogen-bond donors (Lipinski definition) is 5. The number of carboxylic acids is 2. The molecule has 0 fully saturated rings. The van der Waals surface area contributed by atoms with E-state index in [9.17, 15) is 9.59 Å². The molecule has 0 rings (SSSR count). The summed E-state index contributed by atoms with van der Waals surface area (Å²) in [5.74, 6) is -0.787. The van der Waals surface area contributed by atoms with Crippen LogP contribution in [0.4, 0.5) is 0 Å². The van der Waals surface area contributed by atoms with Crippen LogP contribution < -0.4 is 0 Å². The minimum atomic E-state index is -0.789. The van der Waals surface area contributed by atoms with E-state index in [0.29, 0.717) is 0 Å². The molecule has 2 unspecified atom stereocenters. The highest BCUT2D eigenvalue weighted by Gasteiger charge is 1.99. The summed E-state index contributed by atoms with van der Waals surface area (Å²) < 4.78 is 7.79. The molecule has 0 spiro atoms. The number of carbonyl (C=O) groups is 2. The van der Waals surface area contributed by atoms with Crippen molar-refractivity contribution in [1.29, 1.82) is 0 Å². The first-order chi connectivity index (χ1) is 8.17. The van der Waals surface area contributed by atoms with Gasteiger partial charge in [0.15, 0.2) is 0 Å². The smallest absolute Gasteiger partial charge is 0.304 e. The van der Waals surface area contributed by atoms with Crippen LogP contribution in [0.15, 0.2) is 0 Å². The first kappa shape index (κ1) is 23.1. The molecule has 0 heterocycles. The monoisotopic (exact) mass is 318 g/mol. The van der Waals surface area contributed by atoms with E-state index in [0.717, 1.165) is 17.8 Å². The van der Waals surface area contributed by atoms with E-state index in [2.05, 4.69) is 25.3 Å². The molecule has 18 heavy (non-hydrogen) atoms. The maximum absolute atomic E-state index is 9.76. The summed E-state index contributed by atoms with van der Waals surface area (Å²) in [6.07, 6.45) is 0.284. The molecule has 0 aromatic carbocycles. The third-order valence-corrected chi connectivity index (χ3v) is 1.69. The van der Waals surface area contributed by atoms with Gasteiger partial charge in [0.25, 0.3) is 0 Å². The van der Waals surface area contributed by atoms with Crippen LogP contribution in [0.5, 0.6) is 0 Å².